The molecule has 0 bridgehead atoms. The number of aromatic nitrogens is 6. The molecule has 184 valence electrons. The van der Waals surface area contributed by atoms with Gasteiger partial charge in [0.25, 0.3) is 0 Å². The third-order valence-electron chi connectivity index (χ3n) is 5.39. The zero-order valence-corrected chi connectivity index (χ0v) is 19.4. The fourth-order valence-corrected chi connectivity index (χ4v) is 3.42. The molecule has 2 aromatic heterocycles. The highest BCUT2D eigenvalue weighted by Crippen LogP contribution is 2.26. The Morgan fingerprint density at radius 3 is 2.61 bits per heavy atom. The van der Waals surface area contributed by atoms with Gasteiger partial charge < -0.3 is 9.47 Å². The first-order chi connectivity index (χ1) is 17.4. The molecule has 0 unspecified atom stereocenters. The summed E-state index contributed by atoms with van der Waals surface area (Å²) in [6.45, 7) is 1.10. The molecular formula is C24H21F2N7O3. The highest BCUT2D eigenvalue weighted by molar-refractivity contribution is 5.96. The molecule has 36 heavy (non-hydrogen) atoms. The van der Waals surface area contributed by atoms with Crippen LogP contribution in [-0.2, 0) is 17.9 Å². The Bertz CT molecular complexity index is 1410. The summed E-state index contributed by atoms with van der Waals surface area (Å²) >= 11 is 0. The molecule has 0 saturated carbocycles. The molecule has 0 N–H and O–H groups in total. The van der Waals surface area contributed by atoms with Crippen molar-refractivity contribution in [2.45, 2.75) is 40.0 Å². The van der Waals surface area contributed by atoms with Gasteiger partial charge in [-0.15, -0.1) is 5.10 Å². The average Bonchev–Trinajstić information content (AvgIpc) is 3.50. The molecule has 0 fully saturated rings. The molecule has 0 atom stereocenters. The molecule has 0 spiro atoms. The molecule has 2 aromatic carbocycles. The predicted octanol–water partition coefficient (Wildman–Crippen LogP) is 4.01. The number of ether oxygens (including phenoxy) is 2. The Balaban J connectivity index is 1.54. The molecule has 2 heterocycles. The lowest BCUT2D eigenvalue weighted by atomic mass is 10.0. The lowest BCUT2D eigenvalue weighted by Crippen LogP contribution is -2.10. The van der Waals surface area contributed by atoms with Crippen LogP contribution in [0.1, 0.15) is 33.7 Å². The van der Waals surface area contributed by atoms with Crippen LogP contribution in [0.4, 0.5) is 8.78 Å². The van der Waals surface area contributed by atoms with E-state index in [1.54, 1.807) is 6.20 Å². The van der Waals surface area contributed by atoms with Gasteiger partial charge in [-0.3, -0.25) is 4.68 Å². The third kappa shape index (κ3) is 5.52. The normalized spacial score (nSPS) is 10.9. The zero-order chi connectivity index (χ0) is 25.7. The number of carbonyl (C=O) groups excluding carboxylic acids is 1. The Morgan fingerprint density at radius 2 is 1.92 bits per heavy atom. The van der Waals surface area contributed by atoms with Gasteiger partial charge in [0.15, 0.2) is 12.4 Å². The minimum Gasteiger partial charge on any atom is -0.454 e. The number of esters is 1. The van der Waals surface area contributed by atoms with E-state index < -0.39 is 12.6 Å². The monoisotopic (exact) mass is 493 g/mol. The van der Waals surface area contributed by atoms with E-state index in [1.807, 2.05) is 32.0 Å². The van der Waals surface area contributed by atoms with Crippen molar-refractivity contribution in [2.75, 3.05) is 0 Å². The van der Waals surface area contributed by atoms with Crippen LogP contribution < -0.4 is 4.74 Å². The summed E-state index contributed by atoms with van der Waals surface area (Å²) in [6.07, 6.45) is 1.79. The smallest absolute Gasteiger partial charge is 0.387 e. The van der Waals surface area contributed by atoms with Gasteiger partial charge in [0.1, 0.15) is 17.0 Å². The number of nitrogens with zero attached hydrogens (tertiary/aromatic N) is 7. The molecule has 12 heteroatoms. The second-order valence-electron chi connectivity index (χ2n) is 7.82. The number of tetrazole rings is 1. The lowest BCUT2D eigenvalue weighted by molar-refractivity contribution is -0.0498. The first-order valence-electron chi connectivity index (χ1n) is 10.9. The molecule has 10 nitrogen and oxygen atoms in total. The van der Waals surface area contributed by atoms with Crippen molar-refractivity contribution in [2.24, 2.45) is 0 Å². The molecule has 0 aliphatic rings. The Morgan fingerprint density at radius 1 is 1.14 bits per heavy atom. The summed E-state index contributed by atoms with van der Waals surface area (Å²) in [5.74, 6) is -0.431. The number of rotatable bonds is 9. The molecular weight excluding hydrogens is 472 g/mol. The SMILES string of the molecule is Cc1ccc(-c2nn(CCC#N)cc2C(=O)OCc2nnnn2-c2ccc(OC(F)F)cc2)cc1C. The van der Waals surface area contributed by atoms with Crippen LogP contribution in [0.3, 0.4) is 0 Å². The van der Waals surface area contributed by atoms with Gasteiger partial charge in [-0.25, -0.2) is 4.79 Å². The maximum atomic E-state index is 13.1. The second-order valence-corrected chi connectivity index (χ2v) is 7.82. The molecule has 4 rings (SSSR count). The standard InChI is InChI=1S/C24H21F2N7O3/c1-15-4-5-17(12-16(15)2)22-20(13-32(29-22)11-3-10-27)23(34)35-14-21-28-30-31-33(21)18-6-8-19(9-7-18)36-24(25)26/h4-9,12-13,24H,3,11,14H2,1-2H3. The molecule has 4 aromatic rings. The Kier molecular flexibility index (Phi) is 7.29. The maximum absolute atomic E-state index is 13.1. The highest BCUT2D eigenvalue weighted by Gasteiger charge is 2.21. The fourth-order valence-electron chi connectivity index (χ4n) is 3.42. The van der Waals surface area contributed by atoms with E-state index in [-0.39, 0.29) is 30.2 Å². The lowest BCUT2D eigenvalue weighted by Gasteiger charge is -2.08. The summed E-state index contributed by atoms with van der Waals surface area (Å²) in [7, 11) is 0. The minimum absolute atomic E-state index is 0.0120. The largest absolute Gasteiger partial charge is 0.454 e. The summed E-state index contributed by atoms with van der Waals surface area (Å²) in [6, 6.07) is 13.5. The van der Waals surface area contributed by atoms with Gasteiger partial charge in [0, 0.05) is 11.8 Å². The van der Waals surface area contributed by atoms with Crippen molar-refractivity contribution in [3.05, 3.63) is 71.2 Å². The zero-order valence-electron chi connectivity index (χ0n) is 19.4. The number of carbonyl (C=O) groups is 1. The van der Waals surface area contributed by atoms with Crippen LogP contribution in [0.25, 0.3) is 16.9 Å². The van der Waals surface area contributed by atoms with Crippen LogP contribution in [0.5, 0.6) is 5.75 Å². The molecule has 0 amide bonds. The van der Waals surface area contributed by atoms with Crippen molar-refractivity contribution in [1.82, 2.24) is 30.0 Å². The number of halogens is 2. The van der Waals surface area contributed by atoms with E-state index in [2.05, 4.69) is 31.4 Å². The number of hydrogen-bond donors (Lipinski definition) is 0. The molecule has 0 aliphatic carbocycles. The molecule has 0 saturated heterocycles. The van der Waals surface area contributed by atoms with Crippen molar-refractivity contribution < 1.29 is 23.0 Å². The van der Waals surface area contributed by atoms with E-state index in [1.165, 1.54) is 33.6 Å². The first kappa shape index (κ1) is 24.5. The van der Waals surface area contributed by atoms with Crippen molar-refractivity contribution in [3.8, 4) is 28.8 Å². The van der Waals surface area contributed by atoms with Gasteiger partial charge in [-0.2, -0.15) is 23.8 Å². The van der Waals surface area contributed by atoms with Crippen LogP contribution in [0.15, 0.2) is 48.7 Å². The Hall–Kier alpha value is -4.66. The van der Waals surface area contributed by atoms with Crippen molar-refractivity contribution in [3.63, 3.8) is 0 Å². The van der Waals surface area contributed by atoms with Crippen LogP contribution in [0, 0.1) is 25.2 Å². The first-order valence-corrected chi connectivity index (χ1v) is 10.9. The van der Waals surface area contributed by atoms with Crippen molar-refractivity contribution in [1.29, 1.82) is 5.26 Å². The van der Waals surface area contributed by atoms with Gasteiger partial charge in [0.2, 0.25) is 0 Å². The third-order valence-corrected chi connectivity index (χ3v) is 5.39. The van der Waals surface area contributed by atoms with Crippen molar-refractivity contribution >= 4 is 5.97 Å². The van der Waals surface area contributed by atoms with Gasteiger partial charge in [-0.1, -0.05) is 12.1 Å². The van der Waals surface area contributed by atoms with E-state index >= 15 is 0 Å². The second kappa shape index (κ2) is 10.7. The number of aryl methyl sites for hydroxylation is 3. The topological polar surface area (TPSA) is 121 Å². The number of hydrogen-bond acceptors (Lipinski definition) is 8. The van der Waals surface area contributed by atoms with Crippen LogP contribution in [-0.4, -0.2) is 42.6 Å². The number of benzene rings is 2. The predicted molar refractivity (Wildman–Crippen MR) is 122 cm³/mol. The quantitative estimate of drug-likeness (QED) is 0.321. The highest BCUT2D eigenvalue weighted by atomic mass is 19.3. The summed E-state index contributed by atoms with van der Waals surface area (Å²) in [4.78, 5) is 13.1. The van der Waals surface area contributed by atoms with E-state index in [0.29, 0.717) is 17.9 Å². The average molecular weight is 493 g/mol. The van der Waals surface area contributed by atoms with Gasteiger partial charge >= 0.3 is 12.6 Å². The van der Waals surface area contributed by atoms with E-state index in [0.717, 1.165) is 16.7 Å². The fraction of sp³-hybridized carbons (Fsp3) is 0.250. The maximum Gasteiger partial charge on any atom is 0.387 e. The molecule has 0 radical (unpaired) electrons. The minimum atomic E-state index is -2.93. The van der Waals surface area contributed by atoms with Gasteiger partial charge in [-0.05, 0) is 65.7 Å². The summed E-state index contributed by atoms with van der Waals surface area (Å²) in [5, 5.41) is 24.8. The summed E-state index contributed by atoms with van der Waals surface area (Å²) < 4.78 is 37.5. The number of alkyl halides is 2. The number of nitriles is 1. The molecule has 0 aliphatic heterocycles. The van der Waals surface area contributed by atoms with Gasteiger partial charge in [0.05, 0.1) is 24.7 Å². The van der Waals surface area contributed by atoms with Crippen LogP contribution in [0.2, 0.25) is 0 Å². The van der Waals surface area contributed by atoms with Crippen LogP contribution >= 0.6 is 0 Å². The summed E-state index contributed by atoms with van der Waals surface area (Å²) in [5.41, 5.74) is 4.04. The Labute approximate surface area is 204 Å². The van der Waals surface area contributed by atoms with E-state index in [9.17, 15) is 13.6 Å². The van der Waals surface area contributed by atoms with E-state index in [4.69, 9.17) is 10.00 Å².